The zero-order valence-corrected chi connectivity index (χ0v) is 13.9. The summed E-state index contributed by atoms with van der Waals surface area (Å²) in [5, 5.41) is 0. The number of aryl methyl sites for hydroxylation is 2. The summed E-state index contributed by atoms with van der Waals surface area (Å²) in [6, 6.07) is 3.69. The Bertz CT molecular complexity index is 591. The van der Waals surface area contributed by atoms with Crippen molar-refractivity contribution in [3.8, 4) is 0 Å². The molecule has 2 amide bonds. The van der Waals surface area contributed by atoms with Crippen LogP contribution in [0.5, 0.6) is 0 Å². The average molecular weight is 351 g/mol. The summed E-state index contributed by atoms with van der Waals surface area (Å²) in [6.45, 7) is 4.89. The normalized spacial score (nSPS) is 22.5. The van der Waals surface area contributed by atoms with Gasteiger partial charge >= 0.3 is 0 Å². The second kappa shape index (κ2) is 5.44. The highest BCUT2D eigenvalue weighted by Crippen LogP contribution is 2.31. The molecule has 2 fully saturated rings. The third kappa shape index (κ3) is 2.48. The van der Waals surface area contributed by atoms with Crippen molar-refractivity contribution in [1.82, 2.24) is 4.90 Å². The number of piperidine rings is 1. The van der Waals surface area contributed by atoms with E-state index >= 15 is 0 Å². The first kappa shape index (κ1) is 14.6. The third-order valence-electron chi connectivity index (χ3n) is 4.40. The van der Waals surface area contributed by atoms with Crippen LogP contribution in [-0.4, -0.2) is 35.8 Å². The topological polar surface area (TPSA) is 40.6 Å². The highest BCUT2D eigenvalue weighted by atomic mass is 79.9. The van der Waals surface area contributed by atoms with Crippen LogP contribution < -0.4 is 4.90 Å². The second-order valence-electron chi connectivity index (χ2n) is 5.92. The first-order chi connectivity index (χ1) is 9.99. The molecule has 5 heteroatoms. The zero-order chi connectivity index (χ0) is 15.1. The molecule has 1 aromatic carbocycles. The van der Waals surface area contributed by atoms with E-state index in [0.717, 1.165) is 47.1 Å². The summed E-state index contributed by atoms with van der Waals surface area (Å²) in [7, 11) is 0. The Morgan fingerprint density at radius 2 is 1.81 bits per heavy atom. The van der Waals surface area contributed by atoms with Crippen LogP contribution in [0, 0.1) is 13.8 Å². The first-order valence-corrected chi connectivity index (χ1v) is 8.16. The number of rotatable bonds is 1. The van der Waals surface area contributed by atoms with Crippen LogP contribution in [0.4, 0.5) is 5.69 Å². The molecule has 0 spiro atoms. The Kier molecular flexibility index (Phi) is 3.78. The quantitative estimate of drug-likeness (QED) is 0.781. The van der Waals surface area contributed by atoms with Crippen LogP contribution in [0.3, 0.4) is 0 Å². The van der Waals surface area contributed by atoms with Gasteiger partial charge in [0.2, 0.25) is 11.8 Å². The van der Waals surface area contributed by atoms with Gasteiger partial charge in [0.15, 0.2) is 0 Å². The summed E-state index contributed by atoms with van der Waals surface area (Å²) >= 11 is 3.54. The fourth-order valence-corrected chi connectivity index (χ4v) is 3.50. The van der Waals surface area contributed by atoms with Crippen molar-refractivity contribution < 1.29 is 9.59 Å². The molecule has 2 aliphatic heterocycles. The van der Waals surface area contributed by atoms with E-state index in [4.69, 9.17) is 0 Å². The molecule has 2 heterocycles. The van der Waals surface area contributed by atoms with Gasteiger partial charge in [-0.3, -0.25) is 9.59 Å². The minimum absolute atomic E-state index is 0.0652. The number of hydrogen-bond acceptors (Lipinski definition) is 2. The SMILES string of the molecule is Cc1cc(N2CC(=O)N3CCCCC3C2=O)cc(C)c1Br. The van der Waals surface area contributed by atoms with Gasteiger partial charge in [0, 0.05) is 16.7 Å². The molecule has 0 saturated carbocycles. The van der Waals surface area contributed by atoms with E-state index in [-0.39, 0.29) is 24.4 Å². The van der Waals surface area contributed by atoms with E-state index in [0.29, 0.717) is 0 Å². The Morgan fingerprint density at radius 3 is 2.48 bits per heavy atom. The lowest BCUT2D eigenvalue weighted by atomic mass is 9.97. The lowest BCUT2D eigenvalue weighted by molar-refractivity contribution is -0.144. The summed E-state index contributed by atoms with van der Waals surface area (Å²) in [5.41, 5.74) is 2.99. The van der Waals surface area contributed by atoms with Gasteiger partial charge in [0.25, 0.3) is 0 Å². The number of anilines is 1. The lowest BCUT2D eigenvalue weighted by Crippen LogP contribution is -2.61. The van der Waals surface area contributed by atoms with Crippen molar-refractivity contribution in [2.24, 2.45) is 0 Å². The number of halogens is 1. The molecule has 21 heavy (non-hydrogen) atoms. The molecule has 2 aliphatic rings. The highest BCUT2D eigenvalue weighted by Gasteiger charge is 2.40. The molecule has 1 unspecified atom stereocenters. The van der Waals surface area contributed by atoms with Crippen molar-refractivity contribution in [3.63, 3.8) is 0 Å². The van der Waals surface area contributed by atoms with Crippen molar-refractivity contribution in [2.75, 3.05) is 18.0 Å². The molecule has 0 aliphatic carbocycles. The lowest BCUT2D eigenvalue weighted by Gasteiger charge is -2.42. The van der Waals surface area contributed by atoms with Gasteiger partial charge in [0.05, 0.1) is 0 Å². The minimum atomic E-state index is -0.260. The molecular weight excluding hydrogens is 332 g/mol. The maximum atomic E-state index is 12.7. The smallest absolute Gasteiger partial charge is 0.250 e. The van der Waals surface area contributed by atoms with Gasteiger partial charge in [-0.1, -0.05) is 15.9 Å². The summed E-state index contributed by atoms with van der Waals surface area (Å²) in [5.74, 6) is 0.132. The van der Waals surface area contributed by atoms with Gasteiger partial charge in [-0.2, -0.15) is 0 Å². The number of piperazine rings is 1. The Balaban J connectivity index is 1.95. The number of carbonyl (C=O) groups is 2. The van der Waals surface area contributed by atoms with Crippen molar-refractivity contribution >= 4 is 33.4 Å². The number of carbonyl (C=O) groups excluding carboxylic acids is 2. The van der Waals surface area contributed by atoms with E-state index in [1.54, 1.807) is 9.80 Å². The summed E-state index contributed by atoms with van der Waals surface area (Å²) in [4.78, 5) is 28.5. The number of hydrogen-bond donors (Lipinski definition) is 0. The maximum Gasteiger partial charge on any atom is 0.250 e. The highest BCUT2D eigenvalue weighted by molar-refractivity contribution is 9.10. The monoisotopic (exact) mass is 350 g/mol. The van der Waals surface area contributed by atoms with Crippen LogP contribution in [0.15, 0.2) is 16.6 Å². The summed E-state index contributed by atoms with van der Waals surface area (Å²) in [6.07, 6.45) is 2.81. The van der Waals surface area contributed by atoms with Gasteiger partial charge in [-0.25, -0.2) is 0 Å². The molecule has 4 nitrogen and oxygen atoms in total. The van der Waals surface area contributed by atoms with Crippen LogP contribution in [-0.2, 0) is 9.59 Å². The van der Waals surface area contributed by atoms with Gasteiger partial charge in [-0.15, -0.1) is 0 Å². The Labute approximate surface area is 133 Å². The molecule has 0 radical (unpaired) electrons. The number of benzene rings is 1. The fraction of sp³-hybridized carbons (Fsp3) is 0.500. The van der Waals surface area contributed by atoms with Crippen molar-refractivity contribution in [2.45, 2.75) is 39.2 Å². The van der Waals surface area contributed by atoms with Crippen LogP contribution in [0.1, 0.15) is 30.4 Å². The fourth-order valence-electron chi connectivity index (χ4n) is 3.27. The molecule has 0 bridgehead atoms. The van der Waals surface area contributed by atoms with Crippen LogP contribution in [0.2, 0.25) is 0 Å². The summed E-state index contributed by atoms with van der Waals surface area (Å²) < 4.78 is 1.06. The van der Waals surface area contributed by atoms with Crippen molar-refractivity contribution in [1.29, 1.82) is 0 Å². The predicted octanol–water partition coefficient (Wildman–Crippen LogP) is 2.79. The van der Waals surface area contributed by atoms with Gasteiger partial charge < -0.3 is 9.80 Å². The molecule has 112 valence electrons. The van der Waals surface area contributed by atoms with Crippen molar-refractivity contribution in [3.05, 3.63) is 27.7 Å². The Hall–Kier alpha value is -1.36. The third-order valence-corrected chi connectivity index (χ3v) is 5.65. The molecule has 0 N–H and O–H groups in total. The van der Waals surface area contributed by atoms with E-state index in [9.17, 15) is 9.59 Å². The number of nitrogens with zero attached hydrogens (tertiary/aromatic N) is 2. The van der Waals surface area contributed by atoms with Gasteiger partial charge in [0.1, 0.15) is 12.6 Å². The Morgan fingerprint density at radius 1 is 1.14 bits per heavy atom. The van der Waals surface area contributed by atoms with Gasteiger partial charge in [-0.05, 0) is 56.4 Å². The predicted molar refractivity (Wildman–Crippen MR) is 85.3 cm³/mol. The molecule has 0 aromatic heterocycles. The average Bonchev–Trinajstić information content (AvgIpc) is 2.48. The molecule has 3 rings (SSSR count). The number of fused-ring (bicyclic) bond motifs is 1. The molecule has 1 aromatic rings. The van der Waals surface area contributed by atoms with E-state index in [1.807, 2.05) is 26.0 Å². The maximum absolute atomic E-state index is 12.7. The molecule has 2 saturated heterocycles. The van der Waals surface area contributed by atoms with E-state index in [1.165, 1.54) is 0 Å². The minimum Gasteiger partial charge on any atom is -0.329 e. The first-order valence-electron chi connectivity index (χ1n) is 7.36. The second-order valence-corrected chi connectivity index (χ2v) is 6.71. The van der Waals surface area contributed by atoms with E-state index in [2.05, 4.69) is 15.9 Å². The van der Waals surface area contributed by atoms with Crippen LogP contribution in [0.25, 0.3) is 0 Å². The molecule has 1 atom stereocenters. The largest absolute Gasteiger partial charge is 0.329 e. The number of amides is 2. The molecular formula is C16H19BrN2O2. The van der Waals surface area contributed by atoms with E-state index < -0.39 is 0 Å². The zero-order valence-electron chi connectivity index (χ0n) is 12.4. The van der Waals surface area contributed by atoms with Crippen LogP contribution >= 0.6 is 15.9 Å². The standard InChI is InChI=1S/C16H19BrN2O2/c1-10-7-12(8-11(2)15(10)17)19-9-14(20)18-6-4-3-5-13(18)16(19)21/h7-8,13H,3-6,9H2,1-2H3.